The summed E-state index contributed by atoms with van der Waals surface area (Å²) >= 11 is 0. The molecule has 0 radical (unpaired) electrons. The van der Waals surface area contributed by atoms with E-state index < -0.39 is 0 Å². The van der Waals surface area contributed by atoms with E-state index in [0.29, 0.717) is 0 Å². The molecule has 0 saturated carbocycles. The normalized spacial score (nSPS) is 18.7. The van der Waals surface area contributed by atoms with Crippen LogP contribution in [0.5, 0.6) is 0 Å². The summed E-state index contributed by atoms with van der Waals surface area (Å²) in [7, 11) is 2.16. The third kappa shape index (κ3) is 5.20. The van der Waals surface area contributed by atoms with E-state index in [4.69, 9.17) is 0 Å². The van der Waals surface area contributed by atoms with Crippen molar-refractivity contribution in [1.29, 1.82) is 0 Å². The van der Waals surface area contributed by atoms with Gasteiger partial charge >= 0.3 is 0 Å². The number of benzene rings is 2. The van der Waals surface area contributed by atoms with Gasteiger partial charge in [0, 0.05) is 69.3 Å². The SMILES string of the molecule is Cc1ccc(N2CCN(C)CC2)cc1C(=O)N[C@H](C)c1ccc(N2CCNCC2)cc1. The first-order chi connectivity index (χ1) is 15.0. The van der Waals surface area contributed by atoms with Crippen LogP contribution >= 0.6 is 0 Å². The summed E-state index contributed by atoms with van der Waals surface area (Å²) in [5, 5.41) is 6.59. The first-order valence-electron chi connectivity index (χ1n) is 11.4. The summed E-state index contributed by atoms with van der Waals surface area (Å²) in [5.41, 5.74) is 5.29. The van der Waals surface area contributed by atoms with Gasteiger partial charge in [-0.25, -0.2) is 0 Å². The monoisotopic (exact) mass is 421 g/mol. The topological polar surface area (TPSA) is 50.9 Å². The molecule has 0 bridgehead atoms. The maximum atomic E-state index is 13.1. The Morgan fingerprint density at radius 1 is 0.903 bits per heavy atom. The van der Waals surface area contributed by atoms with Crippen molar-refractivity contribution in [2.24, 2.45) is 0 Å². The zero-order valence-corrected chi connectivity index (χ0v) is 19.0. The molecule has 2 heterocycles. The zero-order valence-electron chi connectivity index (χ0n) is 19.0. The lowest BCUT2D eigenvalue weighted by molar-refractivity contribution is 0.0939. The first-order valence-corrected chi connectivity index (χ1v) is 11.4. The van der Waals surface area contributed by atoms with Gasteiger partial charge in [0.05, 0.1) is 6.04 Å². The van der Waals surface area contributed by atoms with Crippen LogP contribution in [0, 0.1) is 6.92 Å². The van der Waals surface area contributed by atoms with E-state index in [1.54, 1.807) is 0 Å². The Hall–Kier alpha value is -2.57. The molecule has 4 rings (SSSR count). The Bertz CT molecular complexity index is 883. The van der Waals surface area contributed by atoms with E-state index in [0.717, 1.165) is 74.7 Å². The fraction of sp³-hybridized carbons (Fsp3) is 0.480. The first kappa shape index (κ1) is 21.7. The molecule has 2 aliphatic rings. The molecular weight excluding hydrogens is 386 g/mol. The van der Waals surface area contributed by atoms with Crippen LogP contribution in [-0.4, -0.2) is 70.2 Å². The summed E-state index contributed by atoms with van der Waals surface area (Å²) in [4.78, 5) is 20.2. The van der Waals surface area contributed by atoms with Crippen molar-refractivity contribution in [3.8, 4) is 0 Å². The van der Waals surface area contributed by atoms with Gasteiger partial charge < -0.3 is 25.3 Å². The number of nitrogens with zero attached hydrogens (tertiary/aromatic N) is 3. The van der Waals surface area contributed by atoms with Crippen molar-refractivity contribution >= 4 is 17.3 Å². The molecule has 0 spiro atoms. The average Bonchev–Trinajstić information content (AvgIpc) is 2.80. The van der Waals surface area contributed by atoms with Crippen LogP contribution < -0.4 is 20.4 Å². The van der Waals surface area contributed by atoms with Gasteiger partial charge in [-0.1, -0.05) is 18.2 Å². The standard InChI is InChI=1S/C25H35N5O/c1-19-4-7-23(30-16-14-28(3)15-17-30)18-24(19)25(31)27-20(2)21-5-8-22(9-6-21)29-12-10-26-11-13-29/h4-9,18,20,26H,10-17H2,1-3H3,(H,27,31)/t20-/m1/s1. The number of carbonyl (C=O) groups excluding carboxylic acids is 1. The minimum atomic E-state index is -0.0451. The zero-order chi connectivity index (χ0) is 21.8. The van der Waals surface area contributed by atoms with Crippen LogP contribution in [0.4, 0.5) is 11.4 Å². The van der Waals surface area contributed by atoms with Gasteiger partial charge in [-0.05, 0) is 56.3 Å². The maximum Gasteiger partial charge on any atom is 0.252 e. The van der Waals surface area contributed by atoms with Crippen LogP contribution in [0.2, 0.25) is 0 Å². The van der Waals surface area contributed by atoms with Crippen LogP contribution in [-0.2, 0) is 0 Å². The number of likely N-dealkylation sites (N-methyl/N-ethyl adjacent to an activating group) is 1. The lowest BCUT2D eigenvalue weighted by Crippen LogP contribution is -2.44. The molecule has 2 N–H and O–H groups in total. The molecule has 0 unspecified atom stereocenters. The Kier molecular flexibility index (Phi) is 6.78. The fourth-order valence-corrected chi connectivity index (χ4v) is 4.37. The van der Waals surface area contributed by atoms with Crippen molar-refractivity contribution in [2.45, 2.75) is 19.9 Å². The molecule has 1 amide bonds. The van der Waals surface area contributed by atoms with Crippen molar-refractivity contribution in [2.75, 3.05) is 69.2 Å². The average molecular weight is 422 g/mol. The molecule has 2 aromatic carbocycles. The van der Waals surface area contributed by atoms with Crippen molar-refractivity contribution in [1.82, 2.24) is 15.5 Å². The van der Waals surface area contributed by atoms with Gasteiger partial charge in [0.25, 0.3) is 5.91 Å². The predicted octanol–water partition coefficient (Wildman–Crippen LogP) is 2.65. The molecule has 6 nitrogen and oxygen atoms in total. The van der Waals surface area contributed by atoms with Gasteiger partial charge in [0.15, 0.2) is 0 Å². The highest BCUT2D eigenvalue weighted by Gasteiger charge is 2.19. The van der Waals surface area contributed by atoms with Crippen molar-refractivity contribution in [3.05, 3.63) is 59.2 Å². The van der Waals surface area contributed by atoms with Crippen molar-refractivity contribution < 1.29 is 4.79 Å². The number of carbonyl (C=O) groups is 1. The summed E-state index contributed by atoms with van der Waals surface area (Å²) < 4.78 is 0. The molecule has 0 aliphatic carbocycles. The summed E-state index contributed by atoms with van der Waals surface area (Å²) in [6, 6.07) is 14.8. The highest BCUT2D eigenvalue weighted by atomic mass is 16.1. The lowest BCUT2D eigenvalue weighted by Gasteiger charge is -2.34. The number of nitrogens with one attached hydrogen (secondary N) is 2. The second-order valence-electron chi connectivity index (χ2n) is 8.81. The third-order valence-corrected chi connectivity index (χ3v) is 6.56. The van der Waals surface area contributed by atoms with Crippen molar-refractivity contribution in [3.63, 3.8) is 0 Å². The molecule has 2 aromatic rings. The van der Waals surface area contributed by atoms with E-state index in [1.165, 1.54) is 5.69 Å². The Morgan fingerprint density at radius 3 is 2.19 bits per heavy atom. The molecule has 0 aromatic heterocycles. The number of aryl methyl sites for hydroxylation is 1. The smallest absolute Gasteiger partial charge is 0.252 e. The predicted molar refractivity (Wildman–Crippen MR) is 128 cm³/mol. The number of piperazine rings is 2. The molecule has 2 aliphatic heterocycles. The van der Waals surface area contributed by atoms with E-state index >= 15 is 0 Å². The molecule has 166 valence electrons. The highest BCUT2D eigenvalue weighted by molar-refractivity contribution is 5.96. The molecule has 2 fully saturated rings. The maximum absolute atomic E-state index is 13.1. The second-order valence-corrected chi connectivity index (χ2v) is 8.81. The van der Waals surface area contributed by atoms with E-state index in [1.807, 2.05) is 6.92 Å². The van der Waals surface area contributed by atoms with E-state index in [-0.39, 0.29) is 11.9 Å². The molecule has 6 heteroatoms. The van der Waals surface area contributed by atoms with Crippen LogP contribution in [0.3, 0.4) is 0 Å². The molecule has 31 heavy (non-hydrogen) atoms. The van der Waals surface area contributed by atoms with E-state index in [2.05, 4.69) is 81.8 Å². The van der Waals surface area contributed by atoms with Crippen LogP contribution in [0.25, 0.3) is 0 Å². The van der Waals surface area contributed by atoms with Gasteiger partial charge in [-0.3, -0.25) is 4.79 Å². The lowest BCUT2D eigenvalue weighted by atomic mass is 10.0. The van der Waals surface area contributed by atoms with Gasteiger partial charge in [0.1, 0.15) is 0 Å². The summed E-state index contributed by atoms with van der Waals surface area (Å²) in [6.45, 7) is 12.3. The number of hydrogen-bond donors (Lipinski definition) is 2. The quantitative estimate of drug-likeness (QED) is 0.777. The van der Waals surface area contributed by atoms with E-state index in [9.17, 15) is 4.79 Å². The molecule has 2 saturated heterocycles. The number of rotatable bonds is 5. The number of anilines is 2. The van der Waals surface area contributed by atoms with Gasteiger partial charge in [-0.2, -0.15) is 0 Å². The highest BCUT2D eigenvalue weighted by Crippen LogP contribution is 2.23. The van der Waals surface area contributed by atoms with Crippen LogP contribution in [0.15, 0.2) is 42.5 Å². The fourth-order valence-electron chi connectivity index (χ4n) is 4.37. The molecule has 1 atom stereocenters. The second kappa shape index (κ2) is 9.71. The van der Waals surface area contributed by atoms with Gasteiger partial charge in [0.2, 0.25) is 0 Å². The molecular formula is C25H35N5O. The number of amides is 1. The largest absolute Gasteiger partial charge is 0.369 e. The Balaban J connectivity index is 1.42. The summed E-state index contributed by atoms with van der Waals surface area (Å²) in [6.07, 6.45) is 0. The van der Waals surface area contributed by atoms with Gasteiger partial charge in [-0.15, -0.1) is 0 Å². The third-order valence-electron chi connectivity index (χ3n) is 6.56. The summed E-state index contributed by atoms with van der Waals surface area (Å²) in [5.74, 6) is -0.00726. The minimum Gasteiger partial charge on any atom is -0.369 e. The number of hydrogen-bond acceptors (Lipinski definition) is 5. The Morgan fingerprint density at radius 2 is 1.52 bits per heavy atom. The minimum absolute atomic E-state index is 0.00726. The Labute approximate surface area is 186 Å². The van der Waals surface area contributed by atoms with Crippen LogP contribution in [0.1, 0.15) is 34.5 Å².